The van der Waals surface area contributed by atoms with E-state index in [2.05, 4.69) is 54.7 Å². The van der Waals surface area contributed by atoms with Gasteiger partial charge in [0, 0.05) is 5.88 Å². The van der Waals surface area contributed by atoms with Gasteiger partial charge in [-0.1, -0.05) is 54.7 Å². The molecule has 0 aromatic heterocycles. The predicted molar refractivity (Wildman–Crippen MR) is 79.5 cm³/mol. The van der Waals surface area contributed by atoms with E-state index in [-0.39, 0.29) is 0 Å². The Labute approximate surface area is 113 Å². The van der Waals surface area contributed by atoms with Crippen LogP contribution in [0.5, 0.6) is 0 Å². The van der Waals surface area contributed by atoms with Crippen LogP contribution in [0.3, 0.4) is 0 Å². The van der Waals surface area contributed by atoms with Crippen LogP contribution < -0.4 is 0 Å². The second kappa shape index (κ2) is 4.99. The molecule has 0 fully saturated rings. The molecule has 0 nitrogen and oxygen atoms in total. The van der Waals surface area contributed by atoms with Gasteiger partial charge >= 0.3 is 0 Å². The summed E-state index contributed by atoms with van der Waals surface area (Å²) in [6, 6.07) is 6.45. The topological polar surface area (TPSA) is 0 Å². The van der Waals surface area contributed by atoms with Crippen LogP contribution in [0.4, 0.5) is 0 Å². The SMILES string of the molecule is ClCc1cccc(C2=CC=CC2)c1C1=CC=CC1. The Morgan fingerprint density at radius 2 is 1.67 bits per heavy atom. The number of hydrogen-bond donors (Lipinski definition) is 0. The van der Waals surface area contributed by atoms with Crippen LogP contribution in [0.1, 0.15) is 29.5 Å². The highest BCUT2D eigenvalue weighted by Crippen LogP contribution is 2.36. The van der Waals surface area contributed by atoms with E-state index in [1.165, 1.54) is 27.8 Å². The minimum atomic E-state index is 0.571. The molecule has 0 bridgehead atoms. The van der Waals surface area contributed by atoms with Gasteiger partial charge in [-0.25, -0.2) is 0 Å². The smallest absolute Gasteiger partial charge is 0.0480 e. The lowest BCUT2D eigenvalue weighted by Crippen LogP contribution is -1.97. The molecule has 0 spiro atoms. The van der Waals surface area contributed by atoms with Gasteiger partial charge in [-0.2, -0.15) is 0 Å². The molecule has 18 heavy (non-hydrogen) atoms. The Morgan fingerprint density at radius 1 is 0.944 bits per heavy atom. The molecule has 0 aliphatic heterocycles. The summed E-state index contributed by atoms with van der Waals surface area (Å²) < 4.78 is 0. The molecule has 90 valence electrons. The monoisotopic (exact) mass is 254 g/mol. The number of alkyl halides is 1. The Hall–Kier alpha value is -1.53. The zero-order valence-corrected chi connectivity index (χ0v) is 11.0. The van der Waals surface area contributed by atoms with Crippen LogP contribution in [0.15, 0.2) is 54.7 Å². The molecular formula is C17H15Cl. The first-order valence-electron chi connectivity index (χ1n) is 6.30. The number of hydrogen-bond acceptors (Lipinski definition) is 0. The van der Waals surface area contributed by atoms with E-state index in [9.17, 15) is 0 Å². The lowest BCUT2D eigenvalue weighted by molar-refractivity contribution is 1.29. The second-order valence-electron chi connectivity index (χ2n) is 4.62. The van der Waals surface area contributed by atoms with E-state index in [4.69, 9.17) is 11.6 Å². The molecule has 0 atom stereocenters. The van der Waals surface area contributed by atoms with Crippen molar-refractivity contribution >= 4 is 22.7 Å². The molecule has 0 N–H and O–H groups in total. The molecule has 1 heteroatoms. The summed E-state index contributed by atoms with van der Waals surface area (Å²) in [5, 5.41) is 0. The molecule has 2 aliphatic carbocycles. The normalized spacial score (nSPS) is 17.2. The lowest BCUT2D eigenvalue weighted by Gasteiger charge is -2.15. The van der Waals surface area contributed by atoms with Gasteiger partial charge in [0.2, 0.25) is 0 Å². The number of halogens is 1. The second-order valence-corrected chi connectivity index (χ2v) is 4.89. The van der Waals surface area contributed by atoms with Crippen molar-refractivity contribution in [1.82, 2.24) is 0 Å². The highest BCUT2D eigenvalue weighted by Gasteiger charge is 2.16. The van der Waals surface area contributed by atoms with E-state index < -0.39 is 0 Å². The summed E-state index contributed by atoms with van der Waals surface area (Å²) in [5.41, 5.74) is 6.69. The van der Waals surface area contributed by atoms with Crippen molar-refractivity contribution in [3.8, 4) is 0 Å². The fraction of sp³-hybridized carbons (Fsp3) is 0.176. The molecule has 0 radical (unpaired) electrons. The maximum absolute atomic E-state index is 6.11. The van der Waals surface area contributed by atoms with Crippen LogP contribution in [-0.2, 0) is 5.88 Å². The summed E-state index contributed by atoms with van der Waals surface area (Å²) >= 11 is 6.11. The Kier molecular flexibility index (Phi) is 3.21. The van der Waals surface area contributed by atoms with Crippen LogP contribution >= 0.6 is 11.6 Å². The van der Waals surface area contributed by atoms with E-state index in [0.29, 0.717) is 5.88 Å². The van der Waals surface area contributed by atoms with Crippen LogP contribution in [0.25, 0.3) is 11.1 Å². The first-order chi connectivity index (χ1) is 8.90. The molecule has 1 aromatic carbocycles. The van der Waals surface area contributed by atoms with Crippen LogP contribution in [0.2, 0.25) is 0 Å². The first kappa shape index (κ1) is 11.6. The van der Waals surface area contributed by atoms with E-state index >= 15 is 0 Å². The minimum absolute atomic E-state index is 0.571. The number of rotatable bonds is 3. The summed E-state index contributed by atoms with van der Waals surface area (Å²) in [5.74, 6) is 0.571. The van der Waals surface area contributed by atoms with Gasteiger partial charge in [0.15, 0.2) is 0 Å². The van der Waals surface area contributed by atoms with E-state index in [1.54, 1.807) is 0 Å². The fourth-order valence-corrected chi connectivity index (χ4v) is 2.86. The minimum Gasteiger partial charge on any atom is -0.122 e. The molecule has 3 rings (SSSR count). The first-order valence-corrected chi connectivity index (χ1v) is 6.83. The van der Waals surface area contributed by atoms with Crippen molar-refractivity contribution in [3.63, 3.8) is 0 Å². The molecule has 0 saturated carbocycles. The van der Waals surface area contributed by atoms with Gasteiger partial charge in [0.1, 0.15) is 0 Å². The molecular weight excluding hydrogens is 240 g/mol. The Balaban J connectivity index is 2.13. The third-order valence-electron chi connectivity index (χ3n) is 3.50. The predicted octanol–water partition coefficient (Wildman–Crippen LogP) is 5.11. The molecule has 1 aromatic rings. The van der Waals surface area contributed by atoms with Crippen LogP contribution in [0, 0.1) is 0 Å². The van der Waals surface area contributed by atoms with Crippen molar-refractivity contribution in [2.75, 3.05) is 0 Å². The zero-order chi connectivity index (χ0) is 12.4. The van der Waals surface area contributed by atoms with Crippen molar-refractivity contribution in [2.45, 2.75) is 18.7 Å². The average Bonchev–Trinajstić information content (AvgIpc) is 3.10. The molecule has 0 amide bonds. The fourth-order valence-electron chi connectivity index (χ4n) is 2.64. The maximum atomic E-state index is 6.11. The van der Waals surface area contributed by atoms with Gasteiger partial charge in [0.25, 0.3) is 0 Å². The Bertz CT molecular complexity index is 586. The number of allylic oxidation sites excluding steroid dienone is 8. The highest BCUT2D eigenvalue weighted by molar-refractivity contribution is 6.17. The summed E-state index contributed by atoms with van der Waals surface area (Å²) in [6.45, 7) is 0. The summed E-state index contributed by atoms with van der Waals surface area (Å²) in [4.78, 5) is 0. The van der Waals surface area contributed by atoms with Crippen molar-refractivity contribution in [3.05, 3.63) is 71.3 Å². The standard InChI is InChI=1S/C17H15Cl/c18-12-15-10-5-11-16(13-6-1-2-7-13)17(15)14-8-3-4-9-14/h1-6,8,10-11H,7,9,12H2. The van der Waals surface area contributed by atoms with E-state index in [1.807, 2.05) is 0 Å². The van der Waals surface area contributed by atoms with Crippen molar-refractivity contribution in [1.29, 1.82) is 0 Å². The molecule has 0 heterocycles. The quantitative estimate of drug-likeness (QED) is 0.658. The van der Waals surface area contributed by atoms with Gasteiger partial charge in [-0.15, -0.1) is 11.6 Å². The highest BCUT2D eigenvalue weighted by atomic mass is 35.5. The maximum Gasteiger partial charge on any atom is 0.0480 e. The van der Waals surface area contributed by atoms with E-state index in [0.717, 1.165) is 12.8 Å². The van der Waals surface area contributed by atoms with Gasteiger partial charge in [0.05, 0.1) is 0 Å². The van der Waals surface area contributed by atoms with Crippen molar-refractivity contribution in [2.24, 2.45) is 0 Å². The van der Waals surface area contributed by atoms with Crippen molar-refractivity contribution < 1.29 is 0 Å². The van der Waals surface area contributed by atoms with Crippen LogP contribution in [-0.4, -0.2) is 0 Å². The van der Waals surface area contributed by atoms with Gasteiger partial charge in [-0.3, -0.25) is 0 Å². The Morgan fingerprint density at radius 3 is 2.28 bits per heavy atom. The van der Waals surface area contributed by atoms with Gasteiger partial charge in [-0.05, 0) is 40.7 Å². The summed E-state index contributed by atoms with van der Waals surface area (Å²) in [7, 11) is 0. The number of benzene rings is 1. The molecule has 0 saturated heterocycles. The lowest BCUT2D eigenvalue weighted by atomic mass is 9.90. The zero-order valence-electron chi connectivity index (χ0n) is 10.2. The molecule has 2 aliphatic rings. The third-order valence-corrected chi connectivity index (χ3v) is 3.79. The molecule has 0 unspecified atom stereocenters. The average molecular weight is 255 g/mol. The third kappa shape index (κ3) is 1.97. The van der Waals surface area contributed by atoms with Gasteiger partial charge < -0.3 is 0 Å². The summed E-state index contributed by atoms with van der Waals surface area (Å²) in [6.07, 6.45) is 15.1. The largest absolute Gasteiger partial charge is 0.122 e.